The first-order chi connectivity index (χ1) is 13.4. The Balaban J connectivity index is 1.67. The number of aryl methyl sites for hydroxylation is 1. The minimum atomic E-state index is -0.534. The lowest BCUT2D eigenvalue weighted by Crippen LogP contribution is -2.45. The average molecular weight is 380 g/mol. The van der Waals surface area contributed by atoms with Gasteiger partial charge in [-0.05, 0) is 49.6 Å². The van der Waals surface area contributed by atoms with Gasteiger partial charge in [0.2, 0.25) is 11.8 Å². The summed E-state index contributed by atoms with van der Waals surface area (Å²) >= 11 is 0. The number of rotatable bonds is 4. The highest BCUT2D eigenvalue weighted by molar-refractivity contribution is 6.00. The Labute approximate surface area is 164 Å². The van der Waals surface area contributed by atoms with Crippen molar-refractivity contribution in [1.29, 1.82) is 0 Å². The van der Waals surface area contributed by atoms with Gasteiger partial charge in [-0.15, -0.1) is 0 Å². The zero-order chi connectivity index (χ0) is 20.1. The van der Waals surface area contributed by atoms with Crippen LogP contribution in [0.4, 0.5) is 21.9 Å². The molecule has 1 aliphatic rings. The Morgan fingerprint density at radius 3 is 2.39 bits per heavy atom. The molecule has 2 aromatic carbocycles. The summed E-state index contributed by atoms with van der Waals surface area (Å²) in [5.74, 6) is -0.421. The predicted molar refractivity (Wildman–Crippen MR) is 109 cm³/mol. The third-order valence-corrected chi connectivity index (χ3v) is 4.65. The Morgan fingerprint density at radius 1 is 0.964 bits per heavy atom. The minimum absolute atomic E-state index is 0.182. The van der Waals surface area contributed by atoms with Crippen LogP contribution in [0, 0.1) is 6.92 Å². The molecule has 1 saturated heterocycles. The lowest BCUT2D eigenvalue weighted by atomic mass is 10.2. The molecule has 0 aromatic heterocycles. The molecule has 3 rings (SSSR count). The van der Waals surface area contributed by atoms with Crippen LogP contribution in [-0.4, -0.2) is 35.3 Å². The fourth-order valence-electron chi connectivity index (χ4n) is 3.29. The summed E-state index contributed by atoms with van der Waals surface area (Å²) in [6.07, 6.45) is 1.38. The van der Waals surface area contributed by atoms with Crippen LogP contribution >= 0.6 is 0 Å². The fraction of sp³-hybridized carbons (Fsp3) is 0.286. The molecule has 7 heteroatoms. The molecule has 0 bridgehead atoms. The maximum atomic E-state index is 12.8. The highest BCUT2D eigenvalue weighted by atomic mass is 16.2. The van der Waals surface area contributed by atoms with Crippen molar-refractivity contribution < 1.29 is 14.4 Å². The number of para-hydroxylation sites is 1. The number of amides is 4. The molecule has 1 heterocycles. The highest BCUT2D eigenvalue weighted by Gasteiger charge is 2.34. The molecule has 0 saturated carbocycles. The first kappa shape index (κ1) is 19.4. The van der Waals surface area contributed by atoms with Crippen molar-refractivity contribution in [2.24, 2.45) is 0 Å². The van der Waals surface area contributed by atoms with Crippen LogP contribution in [0.25, 0.3) is 0 Å². The molecule has 0 aliphatic carbocycles. The van der Waals surface area contributed by atoms with Crippen LogP contribution in [-0.2, 0) is 9.59 Å². The van der Waals surface area contributed by atoms with Crippen LogP contribution in [0.5, 0.6) is 0 Å². The molecule has 1 atom stereocenters. The number of likely N-dealkylation sites (tertiary alicyclic amines) is 1. The van der Waals surface area contributed by atoms with Crippen LogP contribution in [0.2, 0.25) is 0 Å². The second-order valence-electron chi connectivity index (χ2n) is 6.85. The van der Waals surface area contributed by atoms with Crippen LogP contribution in [0.15, 0.2) is 48.5 Å². The van der Waals surface area contributed by atoms with Gasteiger partial charge in [0.25, 0.3) is 0 Å². The number of benzene rings is 2. The maximum absolute atomic E-state index is 12.8. The van der Waals surface area contributed by atoms with Gasteiger partial charge in [0, 0.05) is 30.5 Å². The number of carbonyl (C=O) groups excluding carboxylic acids is 3. The van der Waals surface area contributed by atoms with Crippen molar-refractivity contribution in [2.45, 2.75) is 32.7 Å². The van der Waals surface area contributed by atoms with E-state index < -0.39 is 6.04 Å². The molecule has 0 spiro atoms. The molecule has 1 fully saturated rings. The second kappa shape index (κ2) is 8.56. The zero-order valence-corrected chi connectivity index (χ0v) is 16.0. The standard InChI is InChI=1S/C21H24N4O3/c1-14-7-3-4-10-18(14)24-21(28)25-12-6-11-19(25)20(27)23-17-9-5-8-16(13-17)22-15(2)26/h3-5,7-10,13,19H,6,11-12H2,1-2H3,(H,22,26)(H,23,27)(H,24,28)/t19-/m1/s1. The lowest BCUT2D eigenvalue weighted by Gasteiger charge is -2.24. The number of hydrogen-bond acceptors (Lipinski definition) is 3. The minimum Gasteiger partial charge on any atom is -0.326 e. The number of anilines is 3. The van der Waals surface area contributed by atoms with E-state index in [2.05, 4.69) is 16.0 Å². The van der Waals surface area contributed by atoms with Crippen molar-refractivity contribution >= 4 is 34.9 Å². The summed E-state index contributed by atoms with van der Waals surface area (Å²) in [6.45, 7) is 3.88. The molecule has 0 unspecified atom stereocenters. The number of urea groups is 1. The molecule has 4 amide bonds. The van der Waals surface area contributed by atoms with E-state index in [4.69, 9.17) is 0 Å². The van der Waals surface area contributed by atoms with Crippen molar-refractivity contribution in [2.75, 3.05) is 22.5 Å². The maximum Gasteiger partial charge on any atom is 0.322 e. The Bertz CT molecular complexity index is 897. The van der Waals surface area contributed by atoms with Gasteiger partial charge >= 0.3 is 6.03 Å². The lowest BCUT2D eigenvalue weighted by molar-refractivity contribution is -0.119. The van der Waals surface area contributed by atoms with Crippen LogP contribution in [0.1, 0.15) is 25.3 Å². The van der Waals surface area contributed by atoms with Crippen molar-refractivity contribution in [3.63, 3.8) is 0 Å². The summed E-state index contributed by atoms with van der Waals surface area (Å²) in [5, 5.41) is 8.42. The smallest absolute Gasteiger partial charge is 0.322 e. The molecule has 7 nitrogen and oxygen atoms in total. The van der Waals surface area contributed by atoms with Gasteiger partial charge in [-0.3, -0.25) is 9.59 Å². The fourth-order valence-corrected chi connectivity index (χ4v) is 3.29. The summed E-state index contributed by atoms with van der Waals surface area (Å²) in [7, 11) is 0. The summed E-state index contributed by atoms with van der Waals surface area (Å²) in [4.78, 5) is 38.2. The van der Waals surface area contributed by atoms with E-state index in [0.29, 0.717) is 24.3 Å². The third kappa shape index (κ3) is 4.68. The van der Waals surface area contributed by atoms with Gasteiger partial charge < -0.3 is 20.9 Å². The first-order valence-electron chi connectivity index (χ1n) is 9.26. The molecular weight excluding hydrogens is 356 g/mol. The first-order valence-corrected chi connectivity index (χ1v) is 9.26. The van der Waals surface area contributed by atoms with Crippen LogP contribution < -0.4 is 16.0 Å². The van der Waals surface area contributed by atoms with E-state index in [1.807, 2.05) is 31.2 Å². The predicted octanol–water partition coefficient (Wildman–Crippen LogP) is 3.59. The van der Waals surface area contributed by atoms with E-state index >= 15 is 0 Å². The highest BCUT2D eigenvalue weighted by Crippen LogP contribution is 2.23. The van der Waals surface area contributed by atoms with Gasteiger partial charge in [-0.2, -0.15) is 0 Å². The normalized spacial score (nSPS) is 15.8. The molecule has 3 N–H and O–H groups in total. The molecule has 2 aromatic rings. The van der Waals surface area contributed by atoms with Crippen molar-refractivity contribution in [1.82, 2.24) is 4.90 Å². The topological polar surface area (TPSA) is 90.5 Å². The van der Waals surface area contributed by atoms with E-state index in [0.717, 1.165) is 17.7 Å². The third-order valence-electron chi connectivity index (χ3n) is 4.65. The van der Waals surface area contributed by atoms with Gasteiger partial charge in [0.05, 0.1) is 0 Å². The Morgan fingerprint density at radius 2 is 1.68 bits per heavy atom. The molecule has 28 heavy (non-hydrogen) atoms. The van der Waals surface area contributed by atoms with Gasteiger partial charge in [0.1, 0.15) is 6.04 Å². The number of carbonyl (C=O) groups is 3. The molecule has 0 radical (unpaired) electrons. The van der Waals surface area contributed by atoms with E-state index in [1.165, 1.54) is 6.92 Å². The van der Waals surface area contributed by atoms with Gasteiger partial charge in [-0.25, -0.2) is 4.79 Å². The average Bonchev–Trinajstić information content (AvgIpc) is 3.13. The number of nitrogens with zero attached hydrogens (tertiary/aromatic N) is 1. The van der Waals surface area contributed by atoms with Crippen molar-refractivity contribution in [3.8, 4) is 0 Å². The Kier molecular flexibility index (Phi) is 5.93. The largest absolute Gasteiger partial charge is 0.326 e. The number of hydrogen-bond donors (Lipinski definition) is 3. The van der Waals surface area contributed by atoms with Gasteiger partial charge in [-0.1, -0.05) is 24.3 Å². The van der Waals surface area contributed by atoms with Gasteiger partial charge in [0.15, 0.2) is 0 Å². The molecule has 1 aliphatic heterocycles. The Hall–Kier alpha value is -3.35. The second-order valence-corrected chi connectivity index (χ2v) is 6.85. The SMILES string of the molecule is CC(=O)Nc1cccc(NC(=O)[C@H]2CCCN2C(=O)Nc2ccccc2C)c1. The number of nitrogens with one attached hydrogen (secondary N) is 3. The quantitative estimate of drug-likeness (QED) is 0.757. The monoisotopic (exact) mass is 380 g/mol. The summed E-state index contributed by atoms with van der Waals surface area (Å²) in [6, 6.07) is 13.6. The molecule has 146 valence electrons. The van der Waals surface area contributed by atoms with Crippen molar-refractivity contribution in [3.05, 3.63) is 54.1 Å². The van der Waals surface area contributed by atoms with E-state index in [1.54, 1.807) is 29.2 Å². The summed E-state index contributed by atoms with van der Waals surface area (Å²) < 4.78 is 0. The van der Waals surface area contributed by atoms with E-state index in [-0.39, 0.29) is 17.8 Å². The zero-order valence-electron chi connectivity index (χ0n) is 16.0. The molecular formula is C21H24N4O3. The van der Waals surface area contributed by atoms with Crippen LogP contribution in [0.3, 0.4) is 0 Å². The summed E-state index contributed by atoms with van der Waals surface area (Å²) in [5.41, 5.74) is 2.88. The van der Waals surface area contributed by atoms with E-state index in [9.17, 15) is 14.4 Å².